The van der Waals surface area contributed by atoms with Crippen LogP contribution < -0.4 is 5.32 Å². The zero-order valence-corrected chi connectivity index (χ0v) is 12.8. The van der Waals surface area contributed by atoms with Crippen molar-refractivity contribution in [2.75, 3.05) is 0 Å². The monoisotopic (exact) mass is 303 g/mol. The van der Waals surface area contributed by atoms with Crippen LogP contribution in [0.3, 0.4) is 0 Å². The van der Waals surface area contributed by atoms with Crippen LogP contribution in [0, 0.1) is 36.1 Å². The standard InChI is InChI=1S/C16H21F4N/c1-8(2)6-7-9(3)21-11(5)12-15(19)13(17)10(4)14(18)16(12)20/h8-9,21H,5-7H2,1-4H3. The van der Waals surface area contributed by atoms with Crippen LogP contribution in [0.4, 0.5) is 17.6 Å². The molecule has 1 rings (SSSR count). The second-order valence-electron chi connectivity index (χ2n) is 5.75. The Bertz CT molecular complexity index is 509. The summed E-state index contributed by atoms with van der Waals surface area (Å²) >= 11 is 0. The Hall–Kier alpha value is -1.52. The number of hydrogen-bond donors (Lipinski definition) is 1. The van der Waals surface area contributed by atoms with E-state index in [0.29, 0.717) is 5.92 Å². The molecule has 5 heteroatoms. The average molecular weight is 303 g/mol. The van der Waals surface area contributed by atoms with E-state index < -0.39 is 34.4 Å². The van der Waals surface area contributed by atoms with Gasteiger partial charge in [0.05, 0.1) is 5.56 Å². The number of benzene rings is 1. The molecule has 21 heavy (non-hydrogen) atoms. The van der Waals surface area contributed by atoms with Crippen molar-refractivity contribution < 1.29 is 17.6 Å². The van der Waals surface area contributed by atoms with E-state index in [-0.39, 0.29) is 11.7 Å². The molecule has 118 valence electrons. The van der Waals surface area contributed by atoms with Crippen molar-refractivity contribution in [2.45, 2.75) is 46.6 Å². The van der Waals surface area contributed by atoms with E-state index in [4.69, 9.17) is 0 Å². The van der Waals surface area contributed by atoms with E-state index in [9.17, 15) is 17.6 Å². The summed E-state index contributed by atoms with van der Waals surface area (Å²) in [6.45, 7) is 10.4. The molecule has 0 radical (unpaired) electrons. The molecule has 0 bridgehead atoms. The van der Waals surface area contributed by atoms with E-state index in [1.54, 1.807) is 0 Å². The molecule has 0 amide bonds. The Labute approximate surface area is 123 Å². The summed E-state index contributed by atoms with van der Waals surface area (Å²) in [4.78, 5) is 0. The Balaban J connectivity index is 2.98. The predicted molar refractivity (Wildman–Crippen MR) is 76.7 cm³/mol. The molecule has 1 atom stereocenters. The van der Waals surface area contributed by atoms with Crippen molar-refractivity contribution in [3.8, 4) is 0 Å². The number of rotatable bonds is 6. The smallest absolute Gasteiger partial charge is 0.171 e. The molecular weight excluding hydrogens is 282 g/mol. The summed E-state index contributed by atoms with van der Waals surface area (Å²) in [6.07, 6.45) is 1.68. The van der Waals surface area contributed by atoms with Crippen LogP contribution in [0.5, 0.6) is 0 Å². The third-order valence-electron chi connectivity index (χ3n) is 3.38. The lowest BCUT2D eigenvalue weighted by Crippen LogP contribution is -2.26. The van der Waals surface area contributed by atoms with Crippen LogP contribution in [-0.2, 0) is 0 Å². The zero-order valence-electron chi connectivity index (χ0n) is 12.8. The van der Waals surface area contributed by atoms with Gasteiger partial charge in [-0.3, -0.25) is 0 Å². The minimum atomic E-state index is -1.42. The van der Waals surface area contributed by atoms with E-state index in [2.05, 4.69) is 25.7 Å². The Morgan fingerprint density at radius 1 is 0.952 bits per heavy atom. The van der Waals surface area contributed by atoms with Crippen LogP contribution in [0.2, 0.25) is 0 Å². The van der Waals surface area contributed by atoms with E-state index in [1.165, 1.54) is 0 Å². The van der Waals surface area contributed by atoms with Gasteiger partial charge in [-0.15, -0.1) is 0 Å². The first kappa shape index (κ1) is 17.5. The lowest BCUT2D eigenvalue weighted by atomic mass is 10.0. The molecule has 0 fully saturated rings. The minimum absolute atomic E-state index is 0.105. The van der Waals surface area contributed by atoms with Gasteiger partial charge in [0, 0.05) is 17.3 Å². The van der Waals surface area contributed by atoms with Crippen molar-refractivity contribution in [3.05, 3.63) is 41.0 Å². The maximum Gasteiger partial charge on any atom is 0.171 e. The van der Waals surface area contributed by atoms with Crippen molar-refractivity contribution in [2.24, 2.45) is 5.92 Å². The Morgan fingerprint density at radius 3 is 1.86 bits per heavy atom. The average Bonchev–Trinajstić information content (AvgIpc) is 2.41. The molecule has 0 saturated heterocycles. The highest BCUT2D eigenvalue weighted by Gasteiger charge is 2.25. The van der Waals surface area contributed by atoms with Gasteiger partial charge in [-0.05, 0) is 32.6 Å². The molecule has 0 heterocycles. The van der Waals surface area contributed by atoms with Crippen molar-refractivity contribution in [1.29, 1.82) is 0 Å². The molecule has 0 aliphatic rings. The molecule has 0 aromatic heterocycles. The highest BCUT2D eigenvalue weighted by Crippen LogP contribution is 2.27. The fourth-order valence-electron chi connectivity index (χ4n) is 2.03. The van der Waals surface area contributed by atoms with E-state index in [0.717, 1.165) is 19.8 Å². The van der Waals surface area contributed by atoms with Crippen LogP contribution >= 0.6 is 0 Å². The van der Waals surface area contributed by atoms with Gasteiger partial charge in [0.25, 0.3) is 0 Å². The van der Waals surface area contributed by atoms with Gasteiger partial charge in [0.2, 0.25) is 0 Å². The largest absolute Gasteiger partial charge is 0.382 e. The predicted octanol–water partition coefficient (Wildman–Crippen LogP) is 4.94. The maximum absolute atomic E-state index is 13.8. The topological polar surface area (TPSA) is 12.0 Å². The van der Waals surface area contributed by atoms with Gasteiger partial charge >= 0.3 is 0 Å². The third kappa shape index (κ3) is 3.99. The van der Waals surface area contributed by atoms with E-state index >= 15 is 0 Å². The van der Waals surface area contributed by atoms with Crippen LogP contribution in [0.15, 0.2) is 6.58 Å². The molecule has 1 unspecified atom stereocenters. The summed E-state index contributed by atoms with van der Waals surface area (Å²) in [5.74, 6) is -5.12. The first-order valence-corrected chi connectivity index (χ1v) is 6.95. The molecule has 1 aromatic rings. The lowest BCUT2D eigenvalue weighted by molar-refractivity contribution is 0.438. The summed E-state index contributed by atoms with van der Waals surface area (Å²) < 4.78 is 54.7. The zero-order chi connectivity index (χ0) is 16.3. The molecule has 1 nitrogen and oxygen atoms in total. The first-order chi connectivity index (χ1) is 9.66. The highest BCUT2D eigenvalue weighted by atomic mass is 19.2. The normalized spacial score (nSPS) is 12.6. The molecule has 1 aromatic carbocycles. The van der Waals surface area contributed by atoms with Crippen molar-refractivity contribution >= 4 is 5.70 Å². The minimum Gasteiger partial charge on any atom is -0.382 e. The molecule has 1 N–H and O–H groups in total. The van der Waals surface area contributed by atoms with Gasteiger partial charge in [0.1, 0.15) is 0 Å². The van der Waals surface area contributed by atoms with E-state index in [1.807, 2.05) is 6.92 Å². The Morgan fingerprint density at radius 2 is 1.43 bits per heavy atom. The fourth-order valence-corrected chi connectivity index (χ4v) is 2.03. The van der Waals surface area contributed by atoms with Gasteiger partial charge in [-0.1, -0.05) is 20.4 Å². The Kier molecular flexibility index (Phi) is 5.81. The molecule has 0 saturated carbocycles. The fraction of sp³-hybridized carbons (Fsp3) is 0.500. The van der Waals surface area contributed by atoms with Crippen LogP contribution in [0.1, 0.15) is 44.7 Å². The number of nitrogens with one attached hydrogen (secondary N) is 1. The van der Waals surface area contributed by atoms with Gasteiger partial charge in [-0.25, -0.2) is 17.6 Å². The maximum atomic E-state index is 13.8. The SMILES string of the molecule is C=C(NC(C)CCC(C)C)c1c(F)c(F)c(C)c(F)c1F. The van der Waals surface area contributed by atoms with Gasteiger partial charge < -0.3 is 5.32 Å². The van der Waals surface area contributed by atoms with Gasteiger partial charge in [0.15, 0.2) is 23.3 Å². The second kappa shape index (κ2) is 6.96. The highest BCUT2D eigenvalue weighted by molar-refractivity contribution is 5.63. The summed E-state index contributed by atoms with van der Waals surface area (Å²) in [5.41, 5.74) is -1.60. The quantitative estimate of drug-likeness (QED) is 0.580. The third-order valence-corrected chi connectivity index (χ3v) is 3.38. The first-order valence-electron chi connectivity index (χ1n) is 6.95. The number of hydrogen-bond acceptors (Lipinski definition) is 1. The summed E-state index contributed by atoms with van der Waals surface area (Å²) in [7, 11) is 0. The number of halogens is 4. The van der Waals surface area contributed by atoms with Crippen LogP contribution in [-0.4, -0.2) is 6.04 Å². The molecule has 0 spiro atoms. The lowest BCUT2D eigenvalue weighted by Gasteiger charge is -2.19. The van der Waals surface area contributed by atoms with Crippen molar-refractivity contribution in [3.63, 3.8) is 0 Å². The second-order valence-corrected chi connectivity index (χ2v) is 5.75. The van der Waals surface area contributed by atoms with Crippen molar-refractivity contribution in [1.82, 2.24) is 5.32 Å². The molecule has 0 aliphatic carbocycles. The summed E-state index contributed by atoms with van der Waals surface area (Å²) in [5, 5.41) is 2.80. The van der Waals surface area contributed by atoms with Gasteiger partial charge in [-0.2, -0.15) is 0 Å². The molecule has 0 aliphatic heterocycles. The summed E-state index contributed by atoms with van der Waals surface area (Å²) in [6, 6.07) is -0.105. The van der Waals surface area contributed by atoms with Crippen LogP contribution in [0.25, 0.3) is 5.70 Å². The molecular formula is C16H21F4N.